The molecule has 0 aliphatic rings. The lowest BCUT2D eigenvalue weighted by atomic mass is 10.1. The molecule has 0 atom stereocenters. The van der Waals surface area contributed by atoms with Crippen molar-refractivity contribution in [2.45, 2.75) is 13.5 Å². The molecular weight excluding hydrogens is 260 g/mol. The number of hydrogen-bond acceptors (Lipinski definition) is 6. The summed E-state index contributed by atoms with van der Waals surface area (Å²) in [6.45, 7) is 2.28. The van der Waals surface area contributed by atoms with Gasteiger partial charge in [0.15, 0.2) is 0 Å². The van der Waals surface area contributed by atoms with Crippen LogP contribution >= 0.6 is 11.3 Å². The molecule has 3 aromatic rings. The third-order valence-corrected chi connectivity index (χ3v) is 3.59. The van der Waals surface area contributed by atoms with Gasteiger partial charge in [0.1, 0.15) is 11.4 Å². The number of nitrogens with zero attached hydrogens (tertiary/aromatic N) is 5. The van der Waals surface area contributed by atoms with Gasteiger partial charge in [-0.25, -0.2) is 4.98 Å². The summed E-state index contributed by atoms with van der Waals surface area (Å²) in [7, 11) is 0. The van der Waals surface area contributed by atoms with E-state index in [4.69, 9.17) is 5.73 Å². The van der Waals surface area contributed by atoms with Crippen LogP contribution in [0.15, 0.2) is 29.9 Å². The lowest BCUT2D eigenvalue weighted by molar-refractivity contribution is 0.792. The molecule has 0 spiro atoms. The Labute approximate surface area is 113 Å². The molecule has 0 aliphatic carbocycles. The van der Waals surface area contributed by atoms with Crippen molar-refractivity contribution in [3.8, 4) is 16.4 Å². The summed E-state index contributed by atoms with van der Waals surface area (Å²) in [4.78, 5) is 8.56. The molecule has 0 fully saturated rings. The van der Waals surface area contributed by atoms with Gasteiger partial charge >= 0.3 is 0 Å². The number of aryl methyl sites for hydroxylation is 1. The predicted octanol–water partition coefficient (Wildman–Crippen LogP) is 1.55. The van der Waals surface area contributed by atoms with Crippen LogP contribution in [0.5, 0.6) is 0 Å². The summed E-state index contributed by atoms with van der Waals surface area (Å²) in [5, 5.41) is 11.0. The van der Waals surface area contributed by atoms with Crippen molar-refractivity contribution in [2.75, 3.05) is 0 Å². The maximum atomic E-state index is 5.73. The van der Waals surface area contributed by atoms with Crippen molar-refractivity contribution in [2.24, 2.45) is 5.73 Å². The molecule has 3 aromatic heterocycles. The number of hydrogen-bond donors (Lipinski definition) is 1. The second-order valence-corrected chi connectivity index (χ2v) is 4.85. The molecule has 7 heteroatoms. The van der Waals surface area contributed by atoms with Gasteiger partial charge in [-0.3, -0.25) is 4.98 Å². The molecule has 2 N–H and O–H groups in total. The van der Waals surface area contributed by atoms with Crippen LogP contribution in [-0.2, 0) is 6.54 Å². The molecular formula is C12H12N6S. The summed E-state index contributed by atoms with van der Waals surface area (Å²) in [5.41, 5.74) is 9.21. The molecule has 3 heterocycles. The monoisotopic (exact) mass is 272 g/mol. The Morgan fingerprint density at radius 3 is 2.95 bits per heavy atom. The van der Waals surface area contributed by atoms with Gasteiger partial charge < -0.3 is 5.73 Å². The Hall–Kier alpha value is -2.12. The van der Waals surface area contributed by atoms with E-state index in [-0.39, 0.29) is 0 Å². The summed E-state index contributed by atoms with van der Waals surface area (Å²) >= 11 is 1.52. The molecule has 3 rings (SSSR count). The van der Waals surface area contributed by atoms with E-state index in [2.05, 4.69) is 20.3 Å². The maximum absolute atomic E-state index is 5.73. The zero-order valence-electron chi connectivity index (χ0n) is 10.3. The van der Waals surface area contributed by atoms with Crippen molar-refractivity contribution in [3.63, 3.8) is 0 Å². The number of rotatable bonds is 3. The van der Waals surface area contributed by atoms with Gasteiger partial charge in [0.2, 0.25) is 5.13 Å². The Morgan fingerprint density at radius 2 is 2.32 bits per heavy atom. The normalized spacial score (nSPS) is 10.8. The highest BCUT2D eigenvalue weighted by atomic mass is 32.1. The highest BCUT2D eigenvalue weighted by Crippen LogP contribution is 2.25. The zero-order valence-corrected chi connectivity index (χ0v) is 11.1. The molecule has 0 aliphatic heterocycles. The van der Waals surface area contributed by atoms with Crippen molar-refractivity contribution >= 4 is 11.3 Å². The Bertz CT molecular complexity index is 687. The van der Waals surface area contributed by atoms with Crippen LogP contribution in [0.2, 0.25) is 0 Å². The number of nitrogens with two attached hydrogens (primary N) is 1. The lowest BCUT2D eigenvalue weighted by Gasteiger charge is -2.04. The van der Waals surface area contributed by atoms with Gasteiger partial charge in [-0.1, -0.05) is 5.21 Å². The third kappa shape index (κ3) is 2.13. The molecule has 0 aromatic carbocycles. The average Bonchev–Trinajstić information content (AvgIpc) is 3.05. The van der Waals surface area contributed by atoms with E-state index < -0.39 is 0 Å². The minimum absolute atomic E-state index is 0.328. The van der Waals surface area contributed by atoms with Crippen LogP contribution in [-0.4, -0.2) is 25.0 Å². The fourth-order valence-electron chi connectivity index (χ4n) is 1.81. The van der Waals surface area contributed by atoms with E-state index in [1.807, 2.05) is 24.4 Å². The van der Waals surface area contributed by atoms with Crippen LogP contribution in [0.3, 0.4) is 0 Å². The molecule has 6 nitrogen and oxygen atoms in total. The van der Waals surface area contributed by atoms with Gasteiger partial charge in [-0.15, -0.1) is 16.4 Å². The second kappa shape index (κ2) is 4.87. The fraction of sp³-hybridized carbons (Fsp3) is 0.167. The molecule has 96 valence electrons. The first kappa shape index (κ1) is 11.9. The van der Waals surface area contributed by atoms with Crippen molar-refractivity contribution in [1.82, 2.24) is 25.0 Å². The average molecular weight is 272 g/mol. The van der Waals surface area contributed by atoms with E-state index in [9.17, 15) is 0 Å². The van der Waals surface area contributed by atoms with Crippen molar-refractivity contribution in [1.29, 1.82) is 0 Å². The van der Waals surface area contributed by atoms with Crippen molar-refractivity contribution in [3.05, 3.63) is 41.3 Å². The topological polar surface area (TPSA) is 82.5 Å². The molecule has 0 unspecified atom stereocenters. The van der Waals surface area contributed by atoms with E-state index in [0.717, 1.165) is 27.8 Å². The number of thiazole rings is 1. The van der Waals surface area contributed by atoms with Gasteiger partial charge in [0.05, 0.1) is 5.69 Å². The van der Waals surface area contributed by atoms with Gasteiger partial charge in [-0.05, 0) is 19.1 Å². The first-order valence-corrected chi connectivity index (χ1v) is 6.65. The molecule has 0 saturated carbocycles. The van der Waals surface area contributed by atoms with Gasteiger partial charge in [0, 0.05) is 29.9 Å². The van der Waals surface area contributed by atoms with Crippen LogP contribution in [0.25, 0.3) is 16.4 Å². The van der Waals surface area contributed by atoms with E-state index in [0.29, 0.717) is 6.54 Å². The minimum atomic E-state index is 0.328. The maximum Gasteiger partial charge on any atom is 0.212 e. The molecule has 0 radical (unpaired) electrons. The fourth-order valence-corrected chi connectivity index (χ4v) is 2.57. The molecule has 0 bridgehead atoms. The van der Waals surface area contributed by atoms with E-state index >= 15 is 0 Å². The van der Waals surface area contributed by atoms with E-state index in [1.54, 1.807) is 17.1 Å². The molecule has 0 amide bonds. The SMILES string of the molecule is Cc1csc(-n2nnc(CN)c2-c2cccnc2)n1. The lowest BCUT2D eigenvalue weighted by Crippen LogP contribution is -2.02. The zero-order chi connectivity index (χ0) is 13.2. The summed E-state index contributed by atoms with van der Waals surface area (Å²) in [6.07, 6.45) is 3.50. The summed E-state index contributed by atoms with van der Waals surface area (Å²) < 4.78 is 1.72. The highest BCUT2D eigenvalue weighted by Gasteiger charge is 2.17. The predicted molar refractivity (Wildman–Crippen MR) is 72.9 cm³/mol. The number of pyridine rings is 1. The quantitative estimate of drug-likeness (QED) is 0.782. The van der Waals surface area contributed by atoms with Crippen LogP contribution in [0.1, 0.15) is 11.4 Å². The van der Waals surface area contributed by atoms with Gasteiger partial charge in [-0.2, -0.15) is 4.68 Å². The van der Waals surface area contributed by atoms with Gasteiger partial charge in [0.25, 0.3) is 0 Å². The smallest absolute Gasteiger partial charge is 0.212 e. The first-order valence-electron chi connectivity index (χ1n) is 5.77. The Balaban J connectivity index is 2.19. The minimum Gasteiger partial charge on any atom is -0.325 e. The second-order valence-electron chi connectivity index (χ2n) is 4.01. The number of aromatic nitrogens is 5. The molecule has 0 saturated heterocycles. The summed E-state index contributed by atoms with van der Waals surface area (Å²) in [6, 6.07) is 3.84. The van der Waals surface area contributed by atoms with Crippen LogP contribution < -0.4 is 5.73 Å². The summed E-state index contributed by atoms with van der Waals surface area (Å²) in [5.74, 6) is 0. The van der Waals surface area contributed by atoms with Crippen molar-refractivity contribution < 1.29 is 0 Å². The Kier molecular flexibility index (Phi) is 3.06. The standard InChI is InChI=1S/C12H12N6S/c1-8-7-19-12(15-8)18-11(10(5-13)16-17-18)9-3-2-4-14-6-9/h2-4,6-7H,5,13H2,1H3. The Morgan fingerprint density at radius 1 is 1.42 bits per heavy atom. The molecule has 19 heavy (non-hydrogen) atoms. The largest absolute Gasteiger partial charge is 0.325 e. The highest BCUT2D eigenvalue weighted by molar-refractivity contribution is 7.12. The third-order valence-electron chi connectivity index (χ3n) is 2.66. The first-order chi connectivity index (χ1) is 9.29. The van der Waals surface area contributed by atoms with Crippen LogP contribution in [0, 0.1) is 6.92 Å². The van der Waals surface area contributed by atoms with E-state index in [1.165, 1.54) is 11.3 Å². The van der Waals surface area contributed by atoms with Crippen LogP contribution in [0.4, 0.5) is 0 Å².